The summed E-state index contributed by atoms with van der Waals surface area (Å²) in [5.41, 5.74) is 9.62. The van der Waals surface area contributed by atoms with Crippen LogP contribution in [0.4, 0.5) is 24.9 Å². The van der Waals surface area contributed by atoms with Crippen LogP contribution in [0.1, 0.15) is 25.5 Å². The van der Waals surface area contributed by atoms with Gasteiger partial charge in [-0.15, -0.1) is 11.8 Å². The molecule has 0 saturated heterocycles. The highest BCUT2D eigenvalue weighted by Gasteiger charge is 2.33. The first-order valence-electron chi connectivity index (χ1n) is 8.06. The number of halogens is 3. The number of thioether (sulfide) groups is 1. The van der Waals surface area contributed by atoms with E-state index in [1.807, 2.05) is 18.9 Å². The van der Waals surface area contributed by atoms with E-state index in [9.17, 15) is 13.2 Å². The number of hydrogen-bond donors (Lipinski definition) is 2. The molecule has 0 radical (unpaired) electrons. The average molecular weight is 388 g/mol. The molecule has 1 heterocycles. The van der Waals surface area contributed by atoms with E-state index in [1.54, 1.807) is 18.8 Å². The molecular formula is C16H23F3N6S. The maximum absolute atomic E-state index is 12.7. The van der Waals surface area contributed by atoms with E-state index in [2.05, 4.69) is 16.6 Å². The van der Waals surface area contributed by atoms with Crippen molar-refractivity contribution in [3.05, 3.63) is 23.0 Å². The fourth-order valence-corrected chi connectivity index (χ4v) is 2.85. The molecule has 26 heavy (non-hydrogen) atoms. The number of allylic oxidation sites excluding steroid dienone is 1. The summed E-state index contributed by atoms with van der Waals surface area (Å²) in [4.78, 5) is 10.6. The molecule has 1 aliphatic rings. The van der Waals surface area contributed by atoms with Crippen LogP contribution < -0.4 is 11.5 Å². The van der Waals surface area contributed by atoms with Gasteiger partial charge in [-0.1, -0.05) is 13.5 Å². The first-order chi connectivity index (χ1) is 12.1. The number of imidazole rings is 1. The molecule has 0 spiro atoms. The zero-order valence-electron chi connectivity index (χ0n) is 15.0. The second-order valence-electron chi connectivity index (χ2n) is 5.97. The Bertz CT molecular complexity index is 746. The van der Waals surface area contributed by atoms with Crippen molar-refractivity contribution in [2.24, 2.45) is 23.7 Å². The molecule has 1 aliphatic carbocycles. The maximum atomic E-state index is 12.7. The fraction of sp³-hybridized carbons (Fsp3) is 0.500. The van der Waals surface area contributed by atoms with E-state index in [1.165, 1.54) is 4.57 Å². The van der Waals surface area contributed by atoms with E-state index in [-0.39, 0.29) is 23.4 Å². The molecule has 1 saturated carbocycles. The molecule has 144 valence electrons. The quantitative estimate of drug-likeness (QED) is 0.576. The standard InChI is InChI=1S/C16H23F3N6S/c1-5-26-9(2)24(3)14(10-6-7-10)23-15-22-11(13(21)25(15)4)8-12(20)16(17,18)19/h8,10H,2,5-7,20-21H2,1,3-4H3/b12-8-,23-14?. The van der Waals surface area contributed by atoms with Crippen molar-refractivity contribution in [3.8, 4) is 0 Å². The van der Waals surface area contributed by atoms with Gasteiger partial charge in [0, 0.05) is 20.0 Å². The zero-order chi connectivity index (χ0) is 19.6. The Morgan fingerprint density at radius 3 is 2.62 bits per heavy atom. The molecule has 0 aliphatic heterocycles. The predicted molar refractivity (Wildman–Crippen MR) is 101 cm³/mol. The largest absolute Gasteiger partial charge is 0.430 e. The number of nitrogens with two attached hydrogens (primary N) is 2. The van der Waals surface area contributed by atoms with Crippen molar-refractivity contribution < 1.29 is 13.2 Å². The number of nitrogens with zero attached hydrogens (tertiary/aromatic N) is 4. The van der Waals surface area contributed by atoms with Crippen molar-refractivity contribution in [2.75, 3.05) is 18.5 Å². The van der Waals surface area contributed by atoms with Crippen molar-refractivity contribution >= 4 is 35.4 Å². The van der Waals surface area contributed by atoms with E-state index < -0.39 is 11.9 Å². The number of aliphatic imine (C=N–C) groups is 1. The second kappa shape index (κ2) is 7.65. The lowest BCUT2D eigenvalue weighted by Gasteiger charge is -2.22. The summed E-state index contributed by atoms with van der Waals surface area (Å²) in [6.45, 7) is 6.06. The molecule has 4 N–H and O–H groups in total. The van der Waals surface area contributed by atoms with Crippen LogP contribution in [-0.2, 0) is 7.05 Å². The van der Waals surface area contributed by atoms with E-state index in [4.69, 9.17) is 11.5 Å². The van der Waals surface area contributed by atoms with Crippen molar-refractivity contribution in [2.45, 2.75) is 25.9 Å². The van der Waals surface area contributed by atoms with Gasteiger partial charge in [0.1, 0.15) is 23.0 Å². The number of aromatic nitrogens is 2. The molecule has 10 heteroatoms. The molecule has 0 amide bonds. The smallest absolute Gasteiger partial charge is 0.395 e. The van der Waals surface area contributed by atoms with Gasteiger partial charge in [0.05, 0.1) is 5.03 Å². The molecule has 6 nitrogen and oxygen atoms in total. The van der Waals surface area contributed by atoms with Crippen LogP contribution in [-0.4, -0.2) is 39.3 Å². The summed E-state index contributed by atoms with van der Waals surface area (Å²) in [5, 5.41) is 0.849. The van der Waals surface area contributed by atoms with Crippen LogP contribution in [0.3, 0.4) is 0 Å². The third kappa shape index (κ3) is 4.54. The van der Waals surface area contributed by atoms with Crippen molar-refractivity contribution in [1.29, 1.82) is 0 Å². The molecule has 0 unspecified atom stereocenters. The summed E-state index contributed by atoms with van der Waals surface area (Å²) >= 11 is 1.59. The molecule has 1 aromatic heterocycles. The van der Waals surface area contributed by atoms with Crippen LogP contribution in [0, 0.1) is 5.92 Å². The highest BCUT2D eigenvalue weighted by Crippen LogP contribution is 2.36. The van der Waals surface area contributed by atoms with Gasteiger partial charge >= 0.3 is 6.18 Å². The molecule has 0 aromatic carbocycles. The number of nitrogen functional groups attached to an aromatic ring is 1. The van der Waals surface area contributed by atoms with Crippen LogP contribution in [0.2, 0.25) is 0 Å². The van der Waals surface area contributed by atoms with E-state index in [0.29, 0.717) is 0 Å². The Morgan fingerprint density at radius 1 is 1.50 bits per heavy atom. The number of hydrogen-bond acceptors (Lipinski definition) is 5. The summed E-state index contributed by atoms with van der Waals surface area (Å²) < 4.78 is 39.4. The maximum Gasteiger partial charge on any atom is 0.430 e. The predicted octanol–water partition coefficient (Wildman–Crippen LogP) is 3.46. The number of alkyl halides is 3. The zero-order valence-corrected chi connectivity index (χ0v) is 15.8. The summed E-state index contributed by atoms with van der Waals surface area (Å²) in [6, 6.07) is 0. The Hall–Kier alpha value is -2.10. The Kier molecular flexibility index (Phi) is 5.94. The lowest BCUT2D eigenvalue weighted by atomic mass is 10.3. The fourth-order valence-electron chi connectivity index (χ4n) is 2.23. The number of amidine groups is 1. The first-order valence-corrected chi connectivity index (χ1v) is 9.05. The van der Waals surface area contributed by atoms with Gasteiger partial charge < -0.3 is 16.4 Å². The second-order valence-corrected chi connectivity index (χ2v) is 7.31. The van der Waals surface area contributed by atoms with Gasteiger partial charge in [0.25, 0.3) is 0 Å². The van der Waals surface area contributed by atoms with E-state index in [0.717, 1.165) is 35.5 Å². The first kappa shape index (κ1) is 20.2. The third-order valence-corrected chi connectivity index (χ3v) is 4.85. The lowest BCUT2D eigenvalue weighted by molar-refractivity contribution is -0.0916. The molecule has 0 bridgehead atoms. The van der Waals surface area contributed by atoms with Gasteiger partial charge in [-0.2, -0.15) is 18.2 Å². The third-order valence-electron chi connectivity index (χ3n) is 3.95. The normalized spacial score (nSPS) is 16.1. The van der Waals surface area contributed by atoms with Crippen LogP contribution >= 0.6 is 11.8 Å². The summed E-state index contributed by atoms with van der Waals surface area (Å²) in [7, 11) is 3.47. The number of rotatable bonds is 6. The van der Waals surface area contributed by atoms with Gasteiger partial charge in [-0.25, -0.2) is 4.98 Å². The molecule has 2 rings (SSSR count). The Morgan fingerprint density at radius 2 is 2.12 bits per heavy atom. The topological polar surface area (TPSA) is 85.5 Å². The highest BCUT2D eigenvalue weighted by molar-refractivity contribution is 8.02. The average Bonchev–Trinajstić information content (AvgIpc) is 3.35. The van der Waals surface area contributed by atoms with Crippen molar-refractivity contribution in [1.82, 2.24) is 14.5 Å². The van der Waals surface area contributed by atoms with Crippen LogP contribution in [0.25, 0.3) is 6.08 Å². The molecule has 0 atom stereocenters. The monoisotopic (exact) mass is 388 g/mol. The molecule has 1 aromatic rings. The van der Waals surface area contributed by atoms with E-state index >= 15 is 0 Å². The van der Waals surface area contributed by atoms with Gasteiger partial charge in [-0.05, 0) is 24.7 Å². The highest BCUT2D eigenvalue weighted by atomic mass is 32.2. The minimum Gasteiger partial charge on any atom is -0.395 e. The molecule has 1 fully saturated rings. The van der Waals surface area contributed by atoms with Crippen molar-refractivity contribution in [3.63, 3.8) is 0 Å². The Labute approximate surface area is 154 Å². The Balaban J connectivity index is 2.39. The summed E-state index contributed by atoms with van der Waals surface area (Å²) in [6.07, 6.45) is -1.91. The van der Waals surface area contributed by atoms with Gasteiger partial charge in [-0.3, -0.25) is 4.57 Å². The minimum atomic E-state index is -4.64. The lowest BCUT2D eigenvalue weighted by Crippen LogP contribution is -2.26. The SMILES string of the molecule is C=C(SCC)N(C)C(=Nc1nc(/C=C(\N)C(F)(F)F)c(N)n1C)C1CC1. The number of anilines is 1. The van der Waals surface area contributed by atoms with Gasteiger partial charge in [0.2, 0.25) is 5.95 Å². The van der Waals surface area contributed by atoms with Crippen LogP contribution in [0.5, 0.6) is 0 Å². The summed E-state index contributed by atoms with van der Waals surface area (Å²) in [5.74, 6) is 2.24. The minimum absolute atomic E-state index is 0.0550. The molecular weight excluding hydrogens is 365 g/mol. The van der Waals surface area contributed by atoms with Gasteiger partial charge in [0.15, 0.2) is 0 Å². The van der Waals surface area contributed by atoms with Crippen LogP contribution in [0.15, 0.2) is 22.3 Å².